The van der Waals surface area contributed by atoms with Crippen LogP contribution in [-0.4, -0.2) is 44.7 Å². The maximum Gasteiger partial charge on any atom is 0.410 e. The molecule has 3 rings (SSSR count). The number of carbonyl (C=O) groups excluding carboxylic acids is 1. The first-order valence-corrected chi connectivity index (χ1v) is 12.5. The van der Waals surface area contributed by atoms with Crippen molar-refractivity contribution in [3.63, 3.8) is 0 Å². The lowest BCUT2D eigenvalue weighted by molar-refractivity contribution is 0.0110. The Morgan fingerprint density at radius 3 is 2.41 bits per heavy atom. The number of primary sulfonamides is 1. The first kappa shape index (κ1) is 26.2. The first-order chi connectivity index (χ1) is 15.7. The van der Waals surface area contributed by atoms with Gasteiger partial charge in [-0.05, 0) is 50.8 Å². The third kappa shape index (κ3) is 6.58. The molecule has 1 heterocycles. The fraction of sp³-hybridized carbons (Fsp3) is 0.435. The summed E-state index contributed by atoms with van der Waals surface area (Å²) in [4.78, 5) is 13.2. The highest BCUT2D eigenvalue weighted by atomic mass is 35.5. The van der Waals surface area contributed by atoms with Crippen LogP contribution in [0.5, 0.6) is 5.75 Å². The molecule has 186 valence electrons. The molecule has 2 atom stereocenters. The van der Waals surface area contributed by atoms with Gasteiger partial charge >= 0.3 is 6.09 Å². The van der Waals surface area contributed by atoms with Gasteiger partial charge in [0.1, 0.15) is 16.3 Å². The highest BCUT2D eigenvalue weighted by Gasteiger charge is 2.35. The molecule has 1 fully saturated rings. The molecular formula is C23H27ClF2N2O5S. The number of piperidine rings is 1. The van der Waals surface area contributed by atoms with Crippen molar-refractivity contribution in [2.45, 2.75) is 43.6 Å². The van der Waals surface area contributed by atoms with Crippen LogP contribution >= 0.6 is 11.6 Å². The predicted molar refractivity (Wildman–Crippen MR) is 123 cm³/mol. The van der Waals surface area contributed by atoms with Gasteiger partial charge in [0.05, 0.1) is 6.61 Å². The number of nitrogens with zero attached hydrogens (tertiary/aromatic N) is 1. The standard InChI is InChI=1S/C23H27ClF2N2O5S/c1-23(2,3)33-22(29)28-9-8-17(14-4-6-16(24)7-5-14)15(12-28)13-32-20-10-19(26)21(11-18(20)25)34(27,30)31/h4-7,10-11,15,17H,8-9,12-13H2,1-3H3,(H2,27,30,31). The molecule has 2 aromatic rings. The van der Waals surface area contributed by atoms with E-state index in [0.29, 0.717) is 30.1 Å². The van der Waals surface area contributed by atoms with Gasteiger partial charge in [-0.3, -0.25) is 0 Å². The largest absolute Gasteiger partial charge is 0.490 e. The smallest absolute Gasteiger partial charge is 0.410 e. The number of ether oxygens (including phenoxy) is 2. The van der Waals surface area contributed by atoms with Gasteiger partial charge in [0.15, 0.2) is 11.6 Å². The number of nitrogens with two attached hydrogens (primary N) is 1. The summed E-state index contributed by atoms with van der Waals surface area (Å²) in [5, 5.41) is 5.49. The van der Waals surface area contributed by atoms with Gasteiger partial charge in [0.25, 0.3) is 0 Å². The zero-order valence-electron chi connectivity index (χ0n) is 19.1. The molecule has 0 spiro atoms. The Hall–Kier alpha value is -2.43. The molecule has 0 aromatic heterocycles. The molecule has 1 aliphatic heterocycles. The lowest BCUT2D eigenvalue weighted by Gasteiger charge is -2.39. The number of likely N-dealkylation sites (tertiary alicyclic amines) is 1. The molecule has 7 nitrogen and oxygen atoms in total. The van der Waals surface area contributed by atoms with Crippen molar-refractivity contribution < 1.29 is 31.5 Å². The topological polar surface area (TPSA) is 98.9 Å². The number of halogens is 3. The first-order valence-electron chi connectivity index (χ1n) is 10.6. The van der Waals surface area contributed by atoms with E-state index in [1.54, 1.807) is 37.8 Å². The predicted octanol–water partition coefficient (Wildman–Crippen LogP) is 4.69. The molecule has 0 radical (unpaired) electrons. The van der Waals surface area contributed by atoms with Gasteiger partial charge in [0, 0.05) is 36.2 Å². The molecule has 34 heavy (non-hydrogen) atoms. The minimum absolute atomic E-state index is 0.0486. The van der Waals surface area contributed by atoms with Crippen LogP contribution in [-0.2, 0) is 14.8 Å². The monoisotopic (exact) mass is 516 g/mol. The second kappa shape index (κ2) is 10.1. The molecule has 0 saturated carbocycles. The summed E-state index contributed by atoms with van der Waals surface area (Å²) in [6, 6.07) is 8.42. The number of carbonyl (C=O) groups is 1. The summed E-state index contributed by atoms with van der Waals surface area (Å²) in [6.45, 7) is 5.97. The van der Waals surface area contributed by atoms with Crippen molar-refractivity contribution in [1.29, 1.82) is 0 Å². The highest BCUT2D eigenvalue weighted by molar-refractivity contribution is 7.89. The van der Waals surface area contributed by atoms with Crippen LogP contribution in [0.25, 0.3) is 0 Å². The normalized spacial score (nSPS) is 19.1. The summed E-state index contributed by atoms with van der Waals surface area (Å²) in [6.07, 6.45) is 0.123. The summed E-state index contributed by atoms with van der Waals surface area (Å²) in [5.41, 5.74) is 0.306. The quantitative estimate of drug-likeness (QED) is 0.622. The summed E-state index contributed by atoms with van der Waals surface area (Å²) < 4.78 is 62.6. The van der Waals surface area contributed by atoms with E-state index in [9.17, 15) is 22.0 Å². The van der Waals surface area contributed by atoms with Crippen LogP contribution in [0.15, 0.2) is 41.3 Å². The minimum atomic E-state index is -4.43. The van der Waals surface area contributed by atoms with E-state index in [1.165, 1.54) is 0 Å². The van der Waals surface area contributed by atoms with Crippen LogP contribution in [0.4, 0.5) is 13.6 Å². The van der Waals surface area contributed by atoms with Crippen LogP contribution in [0.1, 0.15) is 38.7 Å². The third-order valence-corrected chi connectivity index (χ3v) is 6.61. The van der Waals surface area contributed by atoms with Crippen molar-refractivity contribution in [3.8, 4) is 5.75 Å². The Kier molecular flexibility index (Phi) is 7.74. The van der Waals surface area contributed by atoms with Crippen LogP contribution in [0.3, 0.4) is 0 Å². The Bertz CT molecular complexity index is 1150. The van der Waals surface area contributed by atoms with Crippen molar-refractivity contribution in [3.05, 3.63) is 58.6 Å². The molecule has 11 heteroatoms. The number of sulfonamides is 1. The summed E-state index contributed by atoms with van der Waals surface area (Å²) in [5.74, 6) is -3.06. The van der Waals surface area contributed by atoms with E-state index in [0.717, 1.165) is 5.56 Å². The van der Waals surface area contributed by atoms with Crippen LogP contribution in [0, 0.1) is 17.6 Å². The fourth-order valence-corrected chi connectivity index (χ4v) is 4.60. The van der Waals surface area contributed by atoms with E-state index < -0.39 is 44.0 Å². The maximum atomic E-state index is 14.5. The van der Waals surface area contributed by atoms with E-state index in [1.807, 2.05) is 12.1 Å². The van der Waals surface area contributed by atoms with Crippen LogP contribution < -0.4 is 9.88 Å². The number of benzene rings is 2. The zero-order chi connectivity index (χ0) is 25.3. The van der Waals surface area contributed by atoms with E-state index in [4.69, 9.17) is 26.2 Å². The molecule has 1 aliphatic rings. The number of rotatable bonds is 5. The molecular weight excluding hydrogens is 490 g/mol. The zero-order valence-corrected chi connectivity index (χ0v) is 20.6. The van der Waals surface area contributed by atoms with Gasteiger partial charge in [0.2, 0.25) is 10.0 Å². The average molecular weight is 517 g/mol. The Morgan fingerprint density at radius 1 is 1.18 bits per heavy atom. The summed E-state index contributed by atoms with van der Waals surface area (Å²) >= 11 is 6.01. The van der Waals surface area contributed by atoms with E-state index in [-0.39, 0.29) is 25.0 Å². The van der Waals surface area contributed by atoms with Crippen molar-refractivity contribution in [2.24, 2.45) is 11.1 Å². The van der Waals surface area contributed by atoms with Gasteiger partial charge in [-0.25, -0.2) is 27.1 Å². The number of amides is 1. The number of hydrogen-bond donors (Lipinski definition) is 1. The molecule has 2 N–H and O–H groups in total. The molecule has 0 bridgehead atoms. The van der Waals surface area contributed by atoms with Crippen LogP contribution in [0.2, 0.25) is 5.02 Å². The lowest BCUT2D eigenvalue weighted by Crippen LogP contribution is -2.46. The molecule has 1 saturated heterocycles. The second-order valence-corrected chi connectivity index (χ2v) is 11.2. The maximum absolute atomic E-state index is 14.5. The SMILES string of the molecule is CC(C)(C)OC(=O)N1CCC(c2ccc(Cl)cc2)C(COc2cc(F)c(S(N)(=O)=O)cc2F)C1. The second-order valence-electron chi connectivity index (χ2n) is 9.20. The Morgan fingerprint density at radius 2 is 1.82 bits per heavy atom. The summed E-state index contributed by atoms with van der Waals surface area (Å²) in [7, 11) is -4.43. The molecule has 1 amide bonds. The van der Waals surface area contributed by atoms with E-state index >= 15 is 0 Å². The Balaban J connectivity index is 1.83. The third-order valence-electron chi connectivity index (χ3n) is 5.43. The van der Waals surface area contributed by atoms with Crippen molar-refractivity contribution in [1.82, 2.24) is 4.90 Å². The van der Waals surface area contributed by atoms with Crippen molar-refractivity contribution >= 4 is 27.7 Å². The average Bonchev–Trinajstić information content (AvgIpc) is 2.72. The fourth-order valence-electron chi connectivity index (χ4n) is 3.88. The minimum Gasteiger partial charge on any atom is -0.490 e. The highest BCUT2D eigenvalue weighted by Crippen LogP contribution is 2.35. The molecule has 0 aliphatic carbocycles. The Labute approximate surface area is 202 Å². The van der Waals surface area contributed by atoms with Gasteiger partial charge in [-0.15, -0.1) is 0 Å². The van der Waals surface area contributed by atoms with Crippen molar-refractivity contribution in [2.75, 3.05) is 19.7 Å². The molecule has 2 unspecified atom stereocenters. The van der Waals surface area contributed by atoms with E-state index in [2.05, 4.69) is 0 Å². The van der Waals surface area contributed by atoms with Gasteiger partial charge < -0.3 is 14.4 Å². The number of hydrogen-bond acceptors (Lipinski definition) is 5. The lowest BCUT2D eigenvalue weighted by atomic mass is 9.81. The molecule has 2 aromatic carbocycles. The van der Waals surface area contributed by atoms with Gasteiger partial charge in [-0.1, -0.05) is 23.7 Å². The van der Waals surface area contributed by atoms with Gasteiger partial charge in [-0.2, -0.15) is 0 Å².